The minimum atomic E-state index is -0.0578. The first kappa shape index (κ1) is 13.5. The molecule has 0 unspecified atom stereocenters. The van der Waals surface area contributed by atoms with Crippen LogP contribution in [0.3, 0.4) is 0 Å². The molecule has 0 aromatic heterocycles. The van der Waals surface area contributed by atoms with Crippen LogP contribution in [-0.4, -0.2) is 12.5 Å². The van der Waals surface area contributed by atoms with Gasteiger partial charge in [-0.2, -0.15) is 0 Å². The number of carbonyl (C=O) groups excluding carboxylic acids is 1. The van der Waals surface area contributed by atoms with Crippen molar-refractivity contribution in [1.82, 2.24) is 0 Å². The summed E-state index contributed by atoms with van der Waals surface area (Å²) in [5.41, 5.74) is 9.09. The number of hydrogen-bond acceptors (Lipinski definition) is 2. The highest BCUT2D eigenvalue weighted by Crippen LogP contribution is 2.32. The smallest absolute Gasteiger partial charge is 0.258 e. The largest absolute Gasteiger partial charge is 0.399 e. The van der Waals surface area contributed by atoms with Gasteiger partial charge in [0.2, 0.25) is 0 Å². The van der Waals surface area contributed by atoms with Crippen LogP contribution in [0.5, 0.6) is 0 Å². The Labute approximate surface area is 130 Å². The van der Waals surface area contributed by atoms with E-state index in [4.69, 9.17) is 17.3 Å². The van der Waals surface area contributed by atoms with E-state index in [0.29, 0.717) is 22.8 Å². The number of nitrogen functional groups attached to an aromatic ring is 1. The van der Waals surface area contributed by atoms with Gasteiger partial charge in [-0.1, -0.05) is 33.6 Å². The minimum Gasteiger partial charge on any atom is -0.399 e. The Morgan fingerprint density at radius 1 is 1.25 bits per heavy atom. The molecular formula is C15H12BrClN2O. The number of hydrogen-bond donors (Lipinski definition) is 1. The van der Waals surface area contributed by atoms with Crippen LogP contribution < -0.4 is 10.6 Å². The number of carbonyl (C=O) groups is 1. The van der Waals surface area contributed by atoms with Crippen molar-refractivity contribution in [3.63, 3.8) is 0 Å². The molecule has 20 heavy (non-hydrogen) atoms. The van der Waals surface area contributed by atoms with Crippen LogP contribution in [-0.2, 0) is 6.42 Å². The van der Waals surface area contributed by atoms with Gasteiger partial charge in [-0.05, 0) is 42.3 Å². The Morgan fingerprint density at radius 2 is 2.05 bits per heavy atom. The number of nitrogens with two attached hydrogens (primary N) is 1. The molecule has 1 amide bonds. The van der Waals surface area contributed by atoms with E-state index in [-0.39, 0.29) is 5.91 Å². The molecule has 102 valence electrons. The molecule has 0 saturated heterocycles. The van der Waals surface area contributed by atoms with Crippen LogP contribution in [0, 0.1) is 0 Å². The second-order valence-corrected chi connectivity index (χ2v) is 6.11. The number of anilines is 2. The molecule has 0 bridgehead atoms. The molecule has 1 heterocycles. The van der Waals surface area contributed by atoms with Crippen molar-refractivity contribution in [2.24, 2.45) is 0 Å². The van der Waals surface area contributed by atoms with Crippen molar-refractivity contribution in [2.75, 3.05) is 17.2 Å². The van der Waals surface area contributed by atoms with Crippen LogP contribution in [0.2, 0.25) is 5.02 Å². The molecular weight excluding hydrogens is 340 g/mol. The molecule has 2 aromatic carbocycles. The summed E-state index contributed by atoms with van der Waals surface area (Å²) in [6.45, 7) is 0.668. The Morgan fingerprint density at radius 3 is 2.80 bits per heavy atom. The van der Waals surface area contributed by atoms with Crippen molar-refractivity contribution in [1.29, 1.82) is 0 Å². The number of rotatable bonds is 1. The van der Waals surface area contributed by atoms with Crippen molar-refractivity contribution in [3.8, 4) is 0 Å². The summed E-state index contributed by atoms with van der Waals surface area (Å²) in [5, 5.41) is 0.537. The summed E-state index contributed by atoms with van der Waals surface area (Å²) in [5.74, 6) is -0.0578. The van der Waals surface area contributed by atoms with Gasteiger partial charge in [0.1, 0.15) is 0 Å². The first-order valence-corrected chi connectivity index (χ1v) is 7.38. The number of fused-ring (bicyclic) bond motifs is 1. The number of halogens is 2. The third kappa shape index (κ3) is 2.41. The zero-order valence-electron chi connectivity index (χ0n) is 10.6. The minimum absolute atomic E-state index is 0.0578. The molecule has 1 aliphatic heterocycles. The van der Waals surface area contributed by atoms with Crippen LogP contribution in [0.4, 0.5) is 11.4 Å². The molecule has 0 spiro atoms. The Balaban J connectivity index is 1.99. The predicted octanol–water partition coefficient (Wildman–Crippen LogP) is 3.89. The highest BCUT2D eigenvalue weighted by atomic mass is 79.9. The summed E-state index contributed by atoms with van der Waals surface area (Å²) in [7, 11) is 0. The Bertz CT molecular complexity index is 682. The van der Waals surface area contributed by atoms with Gasteiger partial charge in [0, 0.05) is 33.0 Å². The maximum absolute atomic E-state index is 12.6. The van der Waals surface area contributed by atoms with E-state index < -0.39 is 0 Å². The number of nitrogens with zero attached hydrogens (tertiary/aromatic N) is 1. The van der Waals surface area contributed by atoms with Crippen molar-refractivity contribution < 1.29 is 4.79 Å². The number of benzene rings is 2. The van der Waals surface area contributed by atoms with Crippen molar-refractivity contribution >= 4 is 44.8 Å². The summed E-state index contributed by atoms with van der Waals surface area (Å²) >= 11 is 9.36. The van der Waals surface area contributed by atoms with Crippen LogP contribution in [0.25, 0.3) is 0 Å². The lowest BCUT2D eigenvalue weighted by Crippen LogP contribution is -2.28. The highest BCUT2D eigenvalue weighted by molar-refractivity contribution is 9.10. The zero-order chi connectivity index (χ0) is 14.3. The maximum atomic E-state index is 12.6. The summed E-state index contributed by atoms with van der Waals surface area (Å²) in [6, 6.07) is 10.9. The standard InChI is InChI=1S/C15H12BrClN2O/c16-11-5-10(6-12(17)7-11)15(20)19-4-3-9-1-2-13(18)8-14(9)19/h1-2,5-8H,3-4,18H2. The van der Waals surface area contributed by atoms with Crippen LogP contribution >= 0.6 is 27.5 Å². The van der Waals surface area contributed by atoms with E-state index >= 15 is 0 Å². The molecule has 5 heteroatoms. The monoisotopic (exact) mass is 350 g/mol. The molecule has 0 atom stereocenters. The second kappa shape index (κ2) is 5.11. The lowest BCUT2D eigenvalue weighted by Gasteiger charge is -2.18. The van der Waals surface area contributed by atoms with E-state index in [1.165, 1.54) is 0 Å². The van der Waals surface area contributed by atoms with Crippen molar-refractivity contribution in [3.05, 3.63) is 57.0 Å². The number of amides is 1. The molecule has 3 nitrogen and oxygen atoms in total. The first-order valence-electron chi connectivity index (χ1n) is 6.21. The second-order valence-electron chi connectivity index (χ2n) is 4.75. The molecule has 0 saturated carbocycles. The Kier molecular flexibility index (Phi) is 3.44. The fourth-order valence-electron chi connectivity index (χ4n) is 2.44. The molecule has 0 aliphatic carbocycles. The van der Waals surface area contributed by atoms with Gasteiger partial charge in [-0.15, -0.1) is 0 Å². The summed E-state index contributed by atoms with van der Waals surface area (Å²) < 4.78 is 0.792. The van der Waals surface area contributed by atoms with E-state index in [9.17, 15) is 4.79 Å². The van der Waals surface area contributed by atoms with Crippen molar-refractivity contribution in [2.45, 2.75) is 6.42 Å². The zero-order valence-corrected chi connectivity index (χ0v) is 12.9. The molecule has 0 radical (unpaired) electrons. The summed E-state index contributed by atoms with van der Waals surface area (Å²) in [4.78, 5) is 14.4. The quantitative estimate of drug-likeness (QED) is 0.792. The van der Waals surface area contributed by atoms with Gasteiger partial charge in [-0.25, -0.2) is 0 Å². The SMILES string of the molecule is Nc1ccc2c(c1)N(C(=O)c1cc(Cl)cc(Br)c1)CC2. The van der Waals surface area contributed by atoms with Gasteiger partial charge < -0.3 is 10.6 Å². The first-order chi connectivity index (χ1) is 9.54. The van der Waals surface area contributed by atoms with Crippen LogP contribution in [0.1, 0.15) is 15.9 Å². The predicted molar refractivity (Wildman–Crippen MR) is 85.4 cm³/mol. The van der Waals surface area contributed by atoms with Gasteiger partial charge >= 0.3 is 0 Å². The third-order valence-corrected chi connectivity index (χ3v) is 4.04. The maximum Gasteiger partial charge on any atom is 0.258 e. The lowest BCUT2D eigenvalue weighted by atomic mass is 10.1. The third-order valence-electron chi connectivity index (χ3n) is 3.36. The van der Waals surface area contributed by atoms with Gasteiger partial charge in [0.05, 0.1) is 0 Å². The van der Waals surface area contributed by atoms with E-state index in [1.807, 2.05) is 18.2 Å². The highest BCUT2D eigenvalue weighted by Gasteiger charge is 2.26. The summed E-state index contributed by atoms with van der Waals surface area (Å²) in [6.07, 6.45) is 0.850. The fraction of sp³-hybridized carbons (Fsp3) is 0.133. The lowest BCUT2D eigenvalue weighted by molar-refractivity contribution is 0.0989. The normalized spacial score (nSPS) is 13.4. The van der Waals surface area contributed by atoms with Gasteiger partial charge in [-0.3, -0.25) is 4.79 Å². The molecule has 1 aliphatic rings. The molecule has 0 fully saturated rings. The van der Waals surface area contributed by atoms with Gasteiger partial charge in [0.15, 0.2) is 0 Å². The van der Waals surface area contributed by atoms with E-state index in [0.717, 1.165) is 22.1 Å². The van der Waals surface area contributed by atoms with E-state index in [2.05, 4.69) is 15.9 Å². The molecule has 3 rings (SSSR count). The average molecular weight is 352 g/mol. The Hall–Kier alpha value is -1.52. The molecule has 2 N–H and O–H groups in total. The average Bonchev–Trinajstić information content (AvgIpc) is 2.79. The van der Waals surface area contributed by atoms with E-state index in [1.54, 1.807) is 23.1 Å². The van der Waals surface area contributed by atoms with Crippen LogP contribution in [0.15, 0.2) is 40.9 Å². The van der Waals surface area contributed by atoms with Gasteiger partial charge in [0.25, 0.3) is 5.91 Å². The fourth-order valence-corrected chi connectivity index (χ4v) is 3.30. The topological polar surface area (TPSA) is 46.3 Å². The molecule has 2 aromatic rings.